The van der Waals surface area contributed by atoms with E-state index in [1.807, 2.05) is 13.1 Å². The van der Waals surface area contributed by atoms with Crippen LogP contribution in [0.4, 0.5) is 11.6 Å². The summed E-state index contributed by atoms with van der Waals surface area (Å²) in [6.45, 7) is 2.94. The summed E-state index contributed by atoms with van der Waals surface area (Å²) in [6.07, 6.45) is 6.48. The third kappa shape index (κ3) is 3.57. The zero-order valence-corrected chi connectivity index (χ0v) is 11.2. The summed E-state index contributed by atoms with van der Waals surface area (Å²) in [5, 5.41) is 10.1. The van der Waals surface area contributed by atoms with Crippen molar-refractivity contribution in [2.24, 2.45) is 0 Å². The summed E-state index contributed by atoms with van der Waals surface area (Å²) < 4.78 is 0. The molecule has 1 saturated carbocycles. The van der Waals surface area contributed by atoms with E-state index in [9.17, 15) is 0 Å². The van der Waals surface area contributed by atoms with E-state index in [2.05, 4.69) is 32.8 Å². The molecule has 0 spiro atoms. The van der Waals surface area contributed by atoms with Gasteiger partial charge in [0.1, 0.15) is 18.0 Å². The van der Waals surface area contributed by atoms with E-state index in [1.54, 1.807) is 6.33 Å². The first kappa shape index (κ1) is 13.1. The number of hydrogen-bond acceptors (Lipinski definition) is 5. The van der Waals surface area contributed by atoms with Crippen LogP contribution in [-0.2, 0) is 0 Å². The second-order valence-electron chi connectivity index (χ2n) is 4.80. The second kappa shape index (κ2) is 6.54. The Labute approximate surface area is 109 Å². The lowest BCUT2D eigenvalue weighted by molar-refractivity contribution is 0.371. The van der Waals surface area contributed by atoms with Crippen LogP contribution in [0.3, 0.4) is 0 Å². The lowest BCUT2D eigenvalue weighted by atomic mass is 9.91. The topological polar surface area (TPSA) is 61.9 Å². The maximum absolute atomic E-state index is 4.28. The van der Waals surface area contributed by atoms with Gasteiger partial charge in [0.2, 0.25) is 0 Å². The highest BCUT2D eigenvalue weighted by Gasteiger charge is 2.19. The number of aromatic nitrogens is 2. The Balaban J connectivity index is 1.87. The van der Waals surface area contributed by atoms with Gasteiger partial charge in [0.15, 0.2) is 0 Å². The normalized spacial score (nSPS) is 23.7. The summed E-state index contributed by atoms with van der Waals surface area (Å²) >= 11 is 0. The molecule has 0 aliphatic heterocycles. The minimum absolute atomic E-state index is 0.541. The fraction of sp³-hybridized carbons (Fsp3) is 0.692. The molecule has 1 heterocycles. The van der Waals surface area contributed by atoms with E-state index < -0.39 is 0 Å². The first-order chi connectivity index (χ1) is 8.81. The highest BCUT2D eigenvalue weighted by atomic mass is 15.1. The number of nitrogens with one attached hydrogen (secondary N) is 3. The Hall–Kier alpha value is -1.36. The summed E-state index contributed by atoms with van der Waals surface area (Å²) in [6, 6.07) is 3.21. The van der Waals surface area contributed by atoms with Crippen LogP contribution in [0.2, 0.25) is 0 Å². The van der Waals surface area contributed by atoms with Gasteiger partial charge in [-0.3, -0.25) is 0 Å². The average molecular weight is 249 g/mol. The van der Waals surface area contributed by atoms with Crippen LogP contribution in [0.1, 0.15) is 32.6 Å². The lowest BCUT2D eigenvalue weighted by Gasteiger charge is -2.29. The summed E-state index contributed by atoms with van der Waals surface area (Å²) in [5.41, 5.74) is 0. The maximum atomic E-state index is 4.28. The van der Waals surface area contributed by atoms with Gasteiger partial charge in [-0.15, -0.1) is 0 Å². The Bertz CT molecular complexity index is 360. The molecule has 1 aromatic heterocycles. The van der Waals surface area contributed by atoms with E-state index in [1.165, 1.54) is 25.7 Å². The van der Waals surface area contributed by atoms with Crippen molar-refractivity contribution in [3.63, 3.8) is 0 Å². The highest BCUT2D eigenvalue weighted by molar-refractivity contribution is 5.46. The summed E-state index contributed by atoms with van der Waals surface area (Å²) in [4.78, 5) is 8.45. The molecule has 0 atom stereocenters. The van der Waals surface area contributed by atoms with Crippen LogP contribution < -0.4 is 16.0 Å². The molecular formula is C13H23N5. The molecule has 3 N–H and O–H groups in total. The maximum Gasteiger partial charge on any atom is 0.131 e. The minimum atomic E-state index is 0.541. The lowest BCUT2D eigenvalue weighted by Crippen LogP contribution is -2.35. The van der Waals surface area contributed by atoms with Crippen LogP contribution in [0.5, 0.6) is 0 Å². The van der Waals surface area contributed by atoms with Crippen molar-refractivity contribution < 1.29 is 0 Å². The van der Waals surface area contributed by atoms with Crippen molar-refractivity contribution in [1.29, 1.82) is 0 Å². The average Bonchev–Trinajstić information content (AvgIpc) is 2.40. The molecule has 1 aliphatic rings. The molecule has 0 amide bonds. The third-order valence-electron chi connectivity index (χ3n) is 3.51. The van der Waals surface area contributed by atoms with Crippen LogP contribution in [0, 0.1) is 0 Å². The monoisotopic (exact) mass is 249 g/mol. The molecule has 0 saturated heterocycles. The fourth-order valence-electron chi connectivity index (χ4n) is 2.45. The number of rotatable bonds is 5. The first-order valence-corrected chi connectivity index (χ1v) is 6.81. The predicted octanol–water partition coefficient (Wildman–Crippen LogP) is 1.85. The van der Waals surface area contributed by atoms with E-state index in [0.29, 0.717) is 12.1 Å². The Morgan fingerprint density at radius 1 is 1.11 bits per heavy atom. The van der Waals surface area contributed by atoms with Crippen LogP contribution >= 0.6 is 0 Å². The molecule has 0 radical (unpaired) electrons. The van der Waals surface area contributed by atoms with Gasteiger partial charge < -0.3 is 16.0 Å². The molecule has 1 aliphatic carbocycles. The second-order valence-corrected chi connectivity index (χ2v) is 4.80. The molecule has 100 valence electrons. The van der Waals surface area contributed by atoms with Gasteiger partial charge in [-0.05, 0) is 39.7 Å². The van der Waals surface area contributed by atoms with Gasteiger partial charge in [0.25, 0.3) is 0 Å². The SMILES string of the molecule is CCNc1cc(NC2CCC(NC)CC2)ncn1. The smallest absolute Gasteiger partial charge is 0.131 e. The predicted molar refractivity (Wildman–Crippen MR) is 74.9 cm³/mol. The van der Waals surface area contributed by atoms with Crippen LogP contribution in [0.15, 0.2) is 12.4 Å². The van der Waals surface area contributed by atoms with Gasteiger partial charge >= 0.3 is 0 Å². The first-order valence-electron chi connectivity index (χ1n) is 6.81. The van der Waals surface area contributed by atoms with E-state index in [4.69, 9.17) is 0 Å². The van der Waals surface area contributed by atoms with Crippen molar-refractivity contribution in [3.05, 3.63) is 12.4 Å². The minimum Gasteiger partial charge on any atom is -0.370 e. The van der Waals surface area contributed by atoms with Crippen molar-refractivity contribution >= 4 is 11.6 Å². The Morgan fingerprint density at radius 3 is 2.44 bits per heavy atom. The molecular weight excluding hydrogens is 226 g/mol. The van der Waals surface area contributed by atoms with Gasteiger partial charge in [-0.2, -0.15) is 0 Å². The Morgan fingerprint density at radius 2 is 1.78 bits per heavy atom. The number of hydrogen-bond donors (Lipinski definition) is 3. The Kier molecular flexibility index (Phi) is 4.75. The number of nitrogens with zero attached hydrogens (tertiary/aromatic N) is 2. The van der Waals surface area contributed by atoms with Crippen molar-refractivity contribution in [3.8, 4) is 0 Å². The van der Waals surface area contributed by atoms with Crippen molar-refractivity contribution in [1.82, 2.24) is 15.3 Å². The molecule has 18 heavy (non-hydrogen) atoms. The molecule has 0 aromatic carbocycles. The molecule has 1 fully saturated rings. The van der Waals surface area contributed by atoms with Gasteiger partial charge in [-0.1, -0.05) is 0 Å². The van der Waals surface area contributed by atoms with Crippen molar-refractivity contribution in [2.45, 2.75) is 44.7 Å². The molecule has 0 unspecified atom stereocenters. The largest absolute Gasteiger partial charge is 0.370 e. The molecule has 1 aromatic rings. The third-order valence-corrected chi connectivity index (χ3v) is 3.51. The number of anilines is 2. The van der Waals surface area contributed by atoms with E-state index in [-0.39, 0.29) is 0 Å². The highest BCUT2D eigenvalue weighted by Crippen LogP contribution is 2.21. The van der Waals surface area contributed by atoms with E-state index in [0.717, 1.165) is 18.2 Å². The van der Waals surface area contributed by atoms with Crippen LogP contribution in [0.25, 0.3) is 0 Å². The van der Waals surface area contributed by atoms with Gasteiger partial charge in [0.05, 0.1) is 0 Å². The van der Waals surface area contributed by atoms with Gasteiger partial charge in [-0.25, -0.2) is 9.97 Å². The molecule has 2 rings (SSSR count). The quantitative estimate of drug-likeness (QED) is 0.743. The zero-order valence-electron chi connectivity index (χ0n) is 11.2. The fourth-order valence-corrected chi connectivity index (χ4v) is 2.45. The van der Waals surface area contributed by atoms with Crippen molar-refractivity contribution in [2.75, 3.05) is 24.2 Å². The standard InChI is InChI=1S/C13H23N5/c1-3-15-12-8-13(17-9-16-12)18-11-6-4-10(14-2)5-7-11/h8-11,14H,3-7H2,1-2H3,(H2,15,16,17,18). The van der Waals surface area contributed by atoms with Gasteiger partial charge in [0, 0.05) is 24.7 Å². The zero-order chi connectivity index (χ0) is 12.8. The van der Waals surface area contributed by atoms with E-state index >= 15 is 0 Å². The summed E-state index contributed by atoms with van der Waals surface area (Å²) in [7, 11) is 2.05. The van der Waals surface area contributed by atoms with Crippen LogP contribution in [-0.4, -0.2) is 35.6 Å². The molecule has 5 nitrogen and oxygen atoms in total. The molecule has 5 heteroatoms. The molecule has 0 bridgehead atoms. The summed E-state index contributed by atoms with van der Waals surface area (Å²) in [5.74, 6) is 1.81.